The Hall–Kier alpha value is -2.78. The van der Waals surface area contributed by atoms with Crippen molar-refractivity contribution < 1.29 is 18.0 Å². The first-order chi connectivity index (χ1) is 13.0. The first-order valence-corrected chi connectivity index (χ1v) is 9.92. The van der Waals surface area contributed by atoms with Crippen LogP contribution in [-0.4, -0.2) is 42.6 Å². The van der Waals surface area contributed by atoms with E-state index in [0.29, 0.717) is 18.4 Å². The molecule has 0 bridgehead atoms. The van der Waals surface area contributed by atoms with Gasteiger partial charge < -0.3 is 10.6 Å². The van der Waals surface area contributed by atoms with E-state index < -0.39 is 21.9 Å². The fraction of sp³-hybridized carbons (Fsp3) is 0.278. The SMILES string of the molecule is N/C(=N\OC(=O)C1CCN(S(=O)(=O)c2ccccc2)CC1)c1ccncc1. The van der Waals surface area contributed by atoms with E-state index in [2.05, 4.69) is 10.1 Å². The van der Waals surface area contributed by atoms with Gasteiger partial charge in [-0.3, -0.25) is 4.98 Å². The number of carbonyl (C=O) groups excluding carboxylic acids is 1. The summed E-state index contributed by atoms with van der Waals surface area (Å²) < 4.78 is 26.6. The van der Waals surface area contributed by atoms with Crippen LogP contribution < -0.4 is 5.73 Å². The zero-order chi connectivity index (χ0) is 19.3. The molecule has 1 aromatic carbocycles. The lowest BCUT2D eigenvalue weighted by molar-refractivity contribution is -0.149. The number of benzene rings is 1. The van der Waals surface area contributed by atoms with Gasteiger partial charge in [0.25, 0.3) is 0 Å². The molecule has 0 saturated carbocycles. The van der Waals surface area contributed by atoms with Crippen molar-refractivity contribution in [3.05, 3.63) is 60.4 Å². The van der Waals surface area contributed by atoms with E-state index in [1.54, 1.807) is 54.9 Å². The summed E-state index contributed by atoms with van der Waals surface area (Å²) in [7, 11) is -3.55. The van der Waals surface area contributed by atoms with Crippen LogP contribution in [0.25, 0.3) is 0 Å². The summed E-state index contributed by atoms with van der Waals surface area (Å²) in [5.41, 5.74) is 6.37. The van der Waals surface area contributed by atoms with E-state index in [1.807, 2.05) is 0 Å². The van der Waals surface area contributed by atoms with Crippen LogP contribution in [0, 0.1) is 5.92 Å². The van der Waals surface area contributed by atoms with Crippen molar-refractivity contribution >= 4 is 21.8 Å². The van der Waals surface area contributed by atoms with Gasteiger partial charge in [0.1, 0.15) is 0 Å². The van der Waals surface area contributed by atoms with Gasteiger partial charge in [0.15, 0.2) is 5.84 Å². The van der Waals surface area contributed by atoms with E-state index in [0.717, 1.165) is 0 Å². The van der Waals surface area contributed by atoms with E-state index in [4.69, 9.17) is 10.6 Å². The van der Waals surface area contributed by atoms with Crippen LogP contribution in [0.1, 0.15) is 18.4 Å². The van der Waals surface area contributed by atoms with Crippen molar-refractivity contribution in [2.24, 2.45) is 16.8 Å². The zero-order valence-electron chi connectivity index (χ0n) is 14.6. The van der Waals surface area contributed by atoms with Crippen molar-refractivity contribution in [2.45, 2.75) is 17.7 Å². The molecule has 1 aliphatic heterocycles. The molecule has 0 radical (unpaired) electrons. The molecule has 27 heavy (non-hydrogen) atoms. The number of hydrogen-bond donors (Lipinski definition) is 1. The maximum absolute atomic E-state index is 12.6. The Morgan fingerprint density at radius 1 is 1.11 bits per heavy atom. The predicted molar refractivity (Wildman–Crippen MR) is 99.0 cm³/mol. The molecule has 0 aliphatic carbocycles. The highest BCUT2D eigenvalue weighted by molar-refractivity contribution is 7.89. The number of carbonyl (C=O) groups is 1. The first kappa shape index (κ1) is 19.0. The predicted octanol–water partition coefficient (Wildman–Crippen LogP) is 1.35. The van der Waals surface area contributed by atoms with E-state index in [-0.39, 0.29) is 23.8 Å². The Balaban J connectivity index is 1.57. The molecule has 3 rings (SSSR count). The number of nitrogens with zero attached hydrogens (tertiary/aromatic N) is 3. The molecule has 9 heteroatoms. The Bertz CT molecular complexity index is 909. The first-order valence-electron chi connectivity index (χ1n) is 8.48. The lowest BCUT2D eigenvalue weighted by atomic mass is 9.99. The standard InChI is InChI=1S/C18H20N4O4S/c19-17(14-6-10-20-11-7-14)21-26-18(23)15-8-12-22(13-9-15)27(24,25)16-4-2-1-3-5-16/h1-7,10-11,15H,8-9,12-13H2,(H2,19,21). The molecular formula is C18H20N4O4S. The quantitative estimate of drug-likeness (QED) is 0.358. The van der Waals surface area contributed by atoms with Gasteiger partial charge in [-0.15, -0.1) is 0 Å². The normalized spacial score (nSPS) is 16.8. The second kappa shape index (κ2) is 8.28. The minimum atomic E-state index is -3.55. The number of aromatic nitrogens is 1. The molecule has 8 nitrogen and oxygen atoms in total. The highest BCUT2D eigenvalue weighted by Crippen LogP contribution is 2.24. The lowest BCUT2D eigenvalue weighted by Gasteiger charge is -2.29. The Morgan fingerprint density at radius 2 is 1.74 bits per heavy atom. The van der Waals surface area contributed by atoms with Crippen LogP contribution in [0.15, 0.2) is 64.9 Å². The van der Waals surface area contributed by atoms with Crippen LogP contribution in [0.4, 0.5) is 0 Å². The molecular weight excluding hydrogens is 368 g/mol. The largest absolute Gasteiger partial charge is 0.380 e. The molecule has 1 aliphatic rings. The summed E-state index contributed by atoms with van der Waals surface area (Å²) in [6.07, 6.45) is 3.86. The van der Waals surface area contributed by atoms with Gasteiger partial charge in [-0.05, 0) is 37.1 Å². The van der Waals surface area contributed by atoms with Crippen LogP contribution in [0.3, 0.4) is 0 Å². The zero-order valence-corrected chi connectivity index (χ0v) is 15.4. The van der Waals surface area contributed by atoms with Gasteiger partial charge in [-0.2, -0.15) is 4.31 Å². The number of sulfonamides is 1. The van der Waals surface area contributed by atoms with Crippen LogP contribution in [-0.2, 0) is 19.7 Å². The summed E-state index contributed by atoms with van der Waals surface area (Å²) in [5.74, 6) is -0.847. The van der Waals surface area contributed by atoms with Gasteiger partial charge in [0, 0.05) is 31.0 Å². The third-order valence-corrected chi connectivity index (χ3v) is 6.29. The van der Waals surface area contributed by atoms with Gasteiger partial charge >= 0.3 is 5.97 Å². The summed E-state index contributed by atoms with van der Waals surface area (Å²) in [5, 5.41) is 3.67. The highest BCUT2D eigenvalue weighted by atomic mass is 32.2. The molecule has 142 valence electrons. The topological polar surface area (TPSA) is 115 Å². The molecule has 1 fully saturated rings. The fourth-order valence-corrected chi connectivity index (χ4v) is 4.31. The number of nitrogens with two attached hydrogens (primary N) is 1. The number of hydrogen-bond acceptors (Lipinski definition) is 6. The number of amidine groups is 1. The van der Waals surface area contributed by atoms with E-state index in [1.165, 1.54) is 4.31 Å². The van der Waals surface area contributed by atoms with Gasteiger partial charge in [-0.1, -0.05) is 23.4 Å². The fourth-order valence-electron chi connectivity index (χ4n) is 2.82. The van der Waals surface area contributed by atoms with Crippen molar-refractivity contribution in [1.82, 2.24) is 9.29 Å². The van der Waals surface area contributed by atoms with Gasteiger partial charge in [0.05, 0.1) is 10.8 Å². The van der Waals surface area contributed by atoms with Gasteiger partial charge in [0.2, 0.25) is 10.0 Å². The molecule has 1 saturated heterocycles. The summed E-state index contributed by atoms with van der Waals surface area (Å²) >= 11 is 0. The van der Waals surface area contributed by atoms with Crippen LogP contribution in [0.2, 0.25) is 0 Å². The van der Waals surface area contributed by atoms with Crippen LogP contribution in [0.5, 0.6) is 0 Å². The molecule has 2 aromatic rings. The average Bonchev–Trinajstić information content (AvgIpc) is 2.73. The third kappa shape index (κ3) is 4.50. The van der Waals surface area contributed by atoms with Crippen molar-refractivity contribution in [3.8, 4) is 0 Å². The Kier molecular flexibility index (Phi) is 5.82. The number of piperidine rings is 1. The van der Waals surface area contributed by atoms with E-state index in [9.17, 15) is 13.2 Å². The van der Waals surface area contributed by atoms with E-state index >= 15 is 0 Å². The summed E-state index contributed by atoms with van der Waals surface area (Å²) in [6, 6.07) is 11.6. The maximum atomic E-state index is 12.6. The monoisotopic (exact) mass is 388 g/mol. The lowest BCUT2D eigenvalue weighted by Crippen LogP contribution is -2.40. The number of rotatable bonds is 5. The van der Waals surface area contributed by atoms with Crippen molar-refractivity contribution in [2.75, 3.05) is 13.1 Å². The molecule has 2 N–H and O–H groups in total. The summed E-state index contributed by atoms with van der Waals surface area (Å²) in [4.78, 5) is 21.3. The molecule has 0 atom stereocenters. The Labute approximate surface area is 157 Å². The van der Waals surface area contributed by atoms with Crippen LogP contribution >= 0.6 is 0 Å². The molecule has 0 amide bonds. The smallest absolute Gasteiger partial charge is 0.338 e. The Morgan fingerprint density at radius 3 is 2.37 bits per heavy atom. The number of oxime groups is 1. The molecule has 0 spiro atoms. The summed E-state index contributed by atoms with van der Waals surface area (Å²) in [6.45, 7) is 0.501. The van der Waals surface area contributed by atoms with Gasteiger partial charge in [-0.25, -0.2) is 13.2 Å². The van der Waals surface area contributed by atoms with Crippen molar-refractivity contribution in [1.29, 1.82) is 0 Å². The van der Waals surface area contributed by atoms with Crippen molar-refractivity contribution in [3.63, 3.8) is 0 Å². The second-order valence-electron chi connectivity index (χ2n) is 6.11. The highest BCUT2D eigenvalue weighted by Gasteiger charge is 2.33. The number of pyridine rings is 1. The molecule has 0 unspecified atom stereocenters. The average molecular weight is 388 g/mol. The second-order valence-corrected chi connectivity index (χ2v) is 8.05. The molecule has 1 aromatic heterocycles. The third-order valence-electron chi connectivity index (χ3n) is 4.38. The molecule has 2 heterocycles. The minimum Gasteiger partial charge on any atom is -0.380 e. The maximum Gasteiger partial charge on any atom is 0.338 e. The minimum absolute atomic E-state index is 0.0786.